The van der Waals surface area contributed by atoms with Crippen molar-refractivity contribution in [3.8, 4) is 16.3 Å². The van der Waals surface area contributed by atoms with Crippen LogP contribution in [0.1, 0.15) is 5.56 Å². The zero-order valence-corrected chi connectivity index (χ0v) is 14.7. The van der Waals surface area contributed by atoms with Crippen LogP contribution in [-0.4, -0.2) is 20.0 Å². The van der Waals surface area contributed by atoms with Gasteiger partial charge in [0.25, 0.3) is 0 Å². The monoisotopic (exact) mass is 367 g/mol. The van der Waals surface area contributed by atoms with E-state index in [0.717, 1.165) is 27.0 Å². The number of aromatic nitrogens is 4. The van der Waals surface area contributed by atoms with E-state index in [0.29, 0.717) is 11.6 Å². The van der Waals surface area contributed by atoms with Crippen molar-refractivity contribution in [2.75, 3.05) is 5.32 Å². The van der Waals surface area contributed by atoms with E-state index in [9.17, 15) is 0 Å². The summed E-state index contributed by atoms with van der Waals surface area (Å²) in [5, 5.41) is 18.3. The Morgan fingerprint density at radius 2 is 1.80 bits per heavy atom. The van der Waals surface area contributed by atoms with Gasteiger partial charge < -0.3 is 5.32 Å². The van der Waals surface area contributed by atoms with E-state index >= 15 is 0 Å². The maximum atomic E-state index is 6.21. The highest BCUT2D eigenvalue weighted by molar-refractivity contribution is 7.18. The highest BCUT2D eigenvalue weighted by Crippen LogP contribution is 2.31. The molecule has 0 aliphatic rings. The highest BCUT2D eigenvalue weighted by Gasteiger charge is 2.10. The van der Waals surface area contributed by atoms with Crippen LogP contribution in [0.4, 0.5) is 5.13 Å². The number of hydrogen-bond donors (Lipinski definition) is 1. The van der Waals surface area contributed by atoms with Crippen molar-refractivity contribution in [3.63, 3.8) is 0 Å². The van der Waals surface area contributed by atoms with E-state index in [4.69, 9.17) is 11.6 Å². The lowest BCUT2D eigenvalue weighted by atomic mass is 10.2. The molecule has 2 aromatic carbocycles. The van der Waals surface area contributed by atoms with Crippen LogP contribution in [0.2, 0.25) is 5.02 Å². The van der Waals surface area contributed by atoms with Crippen molar-refractivity contribution in [2.45, 2.75) is 6.54 Å². The molecule has 0 aliphatic heterocycles. The number of nitrogens with one attached hydrogen (secondary N) is 1. The molecular weight excluding hydrogens is 354 g/mol. The van der Waals surface area contributed by atoms with Crippen molar-refractivity contribution in [3.05, 3.63) is 77.6 Å². The summed E-state index contributed by atoms with van der Waals surface area (Å²) < 4.78 is 1.85. The summed E-state index contributed by atoms with van der Waals surface area (Å²) in [6.45, 7) is 0.629. The molecule has 0 bridgehead atoms. The molecule has 2 heterocycles. The number of benzene rings is 2. The maximum Gasteiger partial charge on any atom is 0.206 e. The Morgan fingerprint density at radius 3 is 2.64 bits per heavy atom. The molecule has 0 fully saturated rings. The summed E-state index contributed by atoms with van der Waals surface area (Å²) in [5.41, 5.74) is 3.00. The van der Waals surface area contributed by atoms with E-state index in [1.54, 1.807) is 0 Å². The number of halogens is 1. The number of para-hydroxylation sites is 1. The van der Waals surface area contributed by atoms with Crippen molar-refractivity contribution < 1.29 is 0 Å². The third kappa shape index (κ3) is 3.55. The van der Waals surface area contributed by atoms with Crippen molar-refractivity contribution in [2.24, 2.45) is 0 Å². The Morgan fingerprint density at radius 1 is 1.00 bits per heavy atom. The number of rotatable bonds is 5. The van der Waals surface area contributed by atoms with E-state index in [1.165, 1.54) is 11.3 Å². The van der Waals surface area contributed by atoms with Crippen LogP contribution < -0.4 is 5.32 Å². The first-order chi connectivity index (χ1) is 12.3. The SMILES string of the molecule is Clc1ccccc1-c1nnc(NCc2cnn(-c3ccccc3)c2)s1. The van der Waals surface area contributed by atoms with Crippen LogP contribution in [0.25, 0.3) is 16.3 Å². The average molecular weight is 368 g/mol. The number of hydrogen-bond acceptors (Lipinski definition) is 5. The molecule has 0 saturated carbocycles. The van der Waals surface area contributed by atoms with E-state index in [-0.39, 0.29) is 0 Å². The largest absolute Gasteiger partial charge is 0.356 e. The van der Waals surface area contributed by atoms with Crippen LogP contribution in [0.5, 0.6) is 0 Å². The van der Waals surface area contributed by atoms with Gasteiger partial charge in [0.2, 0.25) is 5.13 Å². The fourth-order valence-corrected chi connectivity index (χ4v) is 3.45. The lowest BCUT2D eigenvalue weighted by Gasteiger charge is -2.00. The van der Waals surface area contributed by atoms with Crippen LogP contribution in [0.15, 0.2) is 67.0 Å². The second-order valence-corrected chi connectivity index (χ2v) is 6.76. The third-order valence-electron chi connectivity index (χ3n) is 3.63. The molecule has 7 heteroatoms. The standard InChI is InChI=1S/C18H14ClN5S/c19-16-9-5-4-8-15(16)17-22-23-18(25-17)20-10-13-11-21-24(12-13)14-6-2-1-3-7-14/h1-9,11-12H,10H2,(H,20,23). The van der Waals surface area contributed by atoms with Crippen molar-refractivity contribution in [1.82, 2.24) is 20.0 Å². The summed E-state index contributed by atoms with van der Waals surface area (Å²) in [6.07, 6.45) is 3.84. The molecule has 4 rings (SSSR count). The van der Waals surface area contributed by atoms with E-state index in [2.05, 4.69) is 20.6 Å². The maximum absolute atomic E-state index is 6.21. The second kappa shape index (κ2) is 7.04. The Hall–Kier alpha value is -2.70. The minimum atomic E-state index is 0.629. The topological polar surface area (TPSA) is 55.6 Å². The summed E-state index contributed by atoms with van der Waals surface area (Å²) in [6, 6.07) is 17.6. The molecule has 0 saturated heterocycles. The summed E-state index contributed by atoms with van der Waals surface area (Å²) in [7, 11) is 0. The quantitative estimate of drug-likeness (QED) is 0.557. The summed E-state index contributed by atoms with van der Waals surface area (Å²) >= 11 is 7.69. The Kier molecular flexibility index (Phi) is 4.45. The molecule has 0 spiro atoms. The van der Waals surface area contributed by atoms with Gasteiger partial charge in [0.15, 0.2) is 5.01 Å². The van der Waals surface area contributed by atoms with Gasteiger partial charge in [0, 0.05) is 23.9 Å². The molecule has 4 aromatic rings. The van der Waals surface area contributed by atoms with Gasteiger partial charge in [-0.3, -0.25) is 0 Å². The molecule has 0 radical (unpaired) electrons. The first-order valence-corrected chi connectivity index (χ1v) is 8.90. The minimum Gasteiger partial charge on any atom is -0.356 e. The Labute approximate surface area is 153 Å². The van der Waals surface area contributed by atoms with Crippen LogP contribution in [0, 0.1) is 0 Å². The number of nitrogens with zero attached hydrogens (tertiary/aromatic N) is 4. The predicted molar refractivity (Wildman–Crippen MR) is 101 cm³/mol. The molecule has 0 atom stereocenters. The molecule has 1 N–H and O–H groups in total. The lowest BCUT2D eigenvalue weighted by Crippen LogP contribution is -1.98. The molecule has 0 aliphatic carbocycles. The van der Waals surface area contributed by atoms with Crippen molar-refractivity contribution in [1.29, 1.82) is 0 Å². The summed E-state index contributed by atoms with van der Waals surface area (Å²) in [4.78, 5) is 0. The van der Waals surface area contributed by atoms with Gasteiger partial charge in [-0.15, -0.1) is 10.2 Å². The fraction of sp³-hybridized carbons (Fsp3) is 0.0556. The highest BCUT2D eigenvalue weighted by atomic mass is 35.5. The molecular formula is C18H14ClN5S. The van der Waals surface area contributed by atoms with Gasteiger partial charge in [-0.05, 0) is 18.2 Å². The predicted octanol–water partition coefficient (Wildman–Crippen LogP) is 4.66. The average Bonchev–Trinajstić information content (AvgIpc) is 3.31. The number of anilines is 1. The van der Waals surface area contributed by atoms with E-state index in [1.807, 2.05) is 71.7 Å². The Bertz CT molecular complexity index is 980. The zero-order valence-electron chi connectivity index (χ0n) is 13.1. The normalized spacial score (nSPS) is 10.8. The van der Waals surface area contributed by atoms with Gasteiger partial charge >= 0.3 is 0 Å². The molecule has 2 aromatic heterocycles. The molecule has 5 nitrogen and oxygen atoms in total. The third-order valence-corrected chi connectivity index (χ3v) is 4.87. The van der Waals surface area contributed by atoms with E-state index < -0.39 is 0 Å². The van der Waals surface area contributed by atoms with Crippen LogP contribution in [-0.2, 0) is 6.54 Å². The Balaban J connectivity index is 1.44. The zero-order chi connectivity index (χ0) is 17.1. The van der Waals surface area contributed by atoms with Gasteiger partial charge in [-0.1, -0.05) is 59.3 Å². The smallest absolute Gasteiger partial charge is 0.206 e. The van der Waals surface area contributed by atoms with Gasteiger partial charge in [-0.25, -0.2) is 4.68 Å². The lowest BCUT2D eigenvalue weighted by molar-refractivity contribution is 0.880. The fourth-order valence-electron chi connectivity index (χ4n) is 2.39. The first-order valence-electron chi connectivity index (χ1n) is 7.71. The molecule has 0 unspecified atom stereocenters. The van der Waals surface area contributed by atoms with Crippen LogP contribution >= 0.6 is 22.9 Å². The molecule has 0 amide bonds. The molecule has 124 valence electrons. The second-order valence-electron chi connectivity index (χ2n) is 5.37. The van der Waals surface area contributed by atoms with Crippen LogP contribution in [0.3, 0.4) is 0 Å². The minimum absolute atomic E-state index is 0.629. The van der Waals surface area contributed by atoms with Crippen molar-refractivity contribution >= 4 is 28.1 Å². The van der Waals surface area contributed by atoms with Gasteiger partial charge in [0.1, 0.15) is 0 Å². The first kappa shape index (κ1) is 15.8. The molecule has 25 heavy (non-hydrogen) atoms. The van der Waals surface area contributed by atoms with Gasteiger partial charge in [0.05, 0.1) is 16.9 Å². The summed E-state index contributed by atoms with van der Waals surface area (Å²) in [5.74, 6) is 0. The van der Waals surface area contributed by atoms with Gasteiger partial charge in [-0.2, -0.15) is 5.10 Å².